The van der Waals surface area contributed by atoms with Gasteiger partial charge in [-0.3, -0.25) is 4.79 Å². The molecule has 0 atom stereocenters. The molecule has 1 amide bonds. The van der Waals surface area contributed by atoms with Crippen LogP contribution in [-0.4, -0.2) is 22.5 Å². The molecule has 0 radical (unpaired) electrons. The van der Waals surface area contributed by atoms with Crippen molar-refractivity contribution >= 4 is 44.7 Å². The van der Waals surface area contributed by atoms with Crippen molar-refractivity contribution in [3.63, 3.8) is 0 Å². The predicted octanol–water partition coefficient (Wildman–Crippen LogP) is 3.85. The lowest BCUT2D eigenvalue weighted by Gasteiger charge is -2.09. The molecule has 3 aromatic rings. The number of benzene rings is 1. The lowest BCUT2D eigenvalue weighted by atomic mass is 10.2. The molecule has 1 aromatic carbocycles. The molecule has 0 saturated carbocycles. The first-order valence-corrected chi connectivity index (χ1v) is 8.84. The minimum atomic E-state index is -0.276. The van der Waals surface area contributed by atoms with Crippen LogP contribution in [0.3, 0.4) is 0 Å². The van der Waals surface area contributed by atoms with E-state index in [1.165, 1.54) is 16.8 Å². The van der Waals surface area contributed by atoms with Gasteiger partial charge in [0.2, 0.25) is 5.88 Å². The van der Waals surface area contributed by atoms with Gasteiger partial charge in [0.25, 0.3) is 5.91 Å². The summed E-state index contributed by atoms with van der Waals surface area (Å²) in [4.78, 5) is 22.9. The Bertz CT molecular complexity index is 925. The second-order valence-electron chi connectivity index (χ2n) is 5.53. The number of aromatic nitrogens is 2. The molecule has 2 aromatic heterocycles. The molecular formula is C17H14ClN3O2S. The van der Waals surface area contributed by atoms with Crippen molar-refractivity contribution < 1.29 is 9.53 Å². The number of nitrogens with zero attached hydrogens (tertiary/aromatic N) is 2. The molecule has 0 aliphatic heterocycles. The standard InChI is InChI=1S/C17H14ClN3O2S/c18-11-5-1-2-6-12(11)21-14(22)8-23-16-15-10-4-3-7-13(10)24-17(15)20-9-19-16/h1-2,5-6,9H,3-4,7-8H2,(H,21,22). The normalized spacial score (nSPS) is 13.0. The van der Waals surface area contributed by atoms with Gasteiger partial charge in [0.05, 0.1) is 16.1 Å². The van der Waals surface area contributed by atoms with Crippen LogP contribution in [0.2, 0.25) is 5.02 Å². The lowest BCUT2D eigenvalue weighted by Crippen LogP contribution is -2.20. The fraction of sp³-hybridized carbons (Fsp3) is 0.235. The number of aryl methyl sites for hydroxylation is 2. The van der Waals surface area contributed by atoms with E-state index in [-0.39, 0.29) is 12.5 Å². The maximum absolute atomic E-state index is 12.1. The summed E-state index contributed by atoms with van der Waals surface area (Å²) in [5, 5.41) is 4.19. The third-order valence-corrected chi connectivity index (χ3v) is 5.48. The number of ether oxygens (including phenoxy) is 1. The van der Waals surface area contributed by atoms with Crippen LogP contribution in [0.5, 0.6) is 5.88 Å². The average Bonchev–Trinajstić information content (AvgIpc) is 3.16. The largest absolute Gasteiger partial charge is 0.467 e. The molecule has 1 aliphatic carbocycles. The number of hydrogen-bond acceptors (Lipinski definition) is 5. The summed E-state index contributed by atoms with van der Waals surface area (Å²) in [6, 6.07) is 7.09. The van der Waals surface area contributed by atoms with Crippen LogP contribution < -0.4 is 10.1 Å². The van der Waals surface area contributed by atoms with E-state index >= 15 is 0 Å². The number of nitrogens with one attached hydrogen (secondary N) is 1. The average molecular weight is 360 g/mol. The summed E-state index contributed by atoms with van der Waals surface area (Å²) in [6.07, 6.45) is 4.74. The van der Waals surface area contributed by atoms with Gasteiger partial charge < -0.3 is 10.1 Å². The van der Waals surface area contributed by atoms with Crippen LogP contribution >= 0.6 is 22.9 Å². The first-order chi connectivity index (χ1) is 11.7. The molecule has 1 N–H and O–H groups in total. The Hall–Kier alpha value is -2.18. The summed E-state index contributed by atoms with van der Waals surface area (Å²) in [5.74, 6) is 0.204. The van der Waals surface area contributed by atoms with Gasteiger partial charge >= 0.3 is 0 Å². The number of rotatable bonds is 4. The molecule has 0 bridgehead atoms. The Morgan fingerprint density at radius 1 is 1.29 bits per heavy atom. The van der Waals surface area contributed by atoms with Gasteiger partial charge in [0.15, 0.2) is 6.61 Å². The maximum atomic E-state index is 12.1. The van der Waals surface area contributed by atoms with Gasteiger partial charge in [-0.05, 0) is 37.0 Å². The smallest absolute Gasteiger partial charge is 0.262 e. The molecule has 4 rings (SSSR count). The van der Waals surface area contributed by atoms with E-state index in [0.29, 0.717) is 16.6 Å². The van der Waals surface area contributed by atoms with Crippen molar-refractivity contribution in [2.75, 3.05) is 11.9 Å². The molecule has 122 valence electrons. The topological polar surface area (TPSA) is 64.1 Å². The minimum Gasteiger partial charge on any atom is -0.467 e. The highest BCUT2D eigenvalue weighted by molar-refractivity contribution is 7.18. The summed E-state index contributed by atoms with van der Waals surface area (Å²) >= 11 is 7.73. The Morgan fingerprint density at radius 2 is 2.17 bits per heavy atom. The van der Waals surface area contributed by atoms with E-state index < -0.39 is 0 Å². The van der Waals surface area contributed by atoms with E-state index in [9.17, 15) is 4.79 Å². The molecule has 5 nitrogen and oxygen atoms in total. The van der Waals surface area contributed by atoms with Crippen molar-refractivity contribution in [1.29, 1.82) is 0 Å². The van der Waals surface area contributed by atoms with Gasteiger partial charge in [-0.2, -0.15) is 0 Å². The molecule has 0 saturated heterocycles. The number of amides is 1. The van der Waals surface area contributed by atoms with Crippen molar-refractivity contribution in [2.45, 2.75) is 19.3 Å². The number of anilines is 1. The highest BCUT2D eigenvalue weighted by atomic mass is 35.5. The second kappa shape index (κ2) is 6.37. The quantitative estimate of drug-likeness (QED) is 0.768. The van der Waals surface area contributed by atoms with Crippen LogP contribution in [-0.2, 0) is 17.6 Å². The highest BCUT2D eigenvalue weighted by Crippen LogP contribution is 2.39. The Morgan fingerprint density at radius 3 is 3.04 bits per heavy atom. The highest BCUT2D eigenvalue weighted by Gasteiger charge is 2.22. The Labute approximate surface area is 147 Å². The van der Waals surface area contributed by atoms with Crippen molar-refractivity contribution in [1.82, 2.24) is 9.97 Å². The Balaban J connectivity index is 1.51. The monoisotopic (exact) mass is 359 g/mol. The fourth-order valence-corrected chi connectivity index (χ4v) is 4.29. The van der Waals surface area contributed by atoms with Gasteiger partial charge in [0.1, 0.15) is 11.2 Å². The minimum absolute atomic E-state index is 0.123. The number of para-hydroxylation sites is 1. The van der Waals surface area contributed by atoms with Gasteiger partial charge in [-0.15, -0.1) is 11.3 Å². The maximum Gasteiger partial charge on any atom is 0.262 e. The van der Waals surface area contributed by atoms with E-state index in [1.54, 1.807) is 23.5 Å². The predicted molar refractivity (Wildman–Crippen MR) is 95.0 cm³/mol. The molecule has 1 aliphatic rings. The summed E-state index contributed by atoms with van der Waals surface area (Å²) in [6.45, 7) is -0.123. The summed E-state index contributed by atoms with van der Waals surface area (Å²) < 4.78 is 5.68. The van der Waals surface area contributed by atoms with Crippen LogP contribution in [0.15, 0.2) is 30.6 Å². The molecule has 7 heteroatoms. The Kier molecular flexibility index (Phi) is 4.08. The van der Waals surface area contributed by atoms with E-state index in [2.05, 4.69) is 15.3 Å². The van der Waals surface area contributed by atoms with Crippen molar-refractivity contribution in [3.05, 3.63) is 46.1 Å². The number of thiophene rings is 1. The zero-order chi connectivity index (χ0) is 16.5. The third kappa shape index (κ3) is 2.83. The molecular weight excluding hydrogens is 346 g/mol. The number of carbonyl (C=O) groups excluding carboxylic acids is 1. The molecule has 0 spiro atoms. The van der Waals surface area contributed by atoms with Crippen molar-refractivity contribution in [2.24, 2.45) is 0 Å². The zero-order valence-corrected chi connectivity index (χ0v) is 14.3. The number of carbonyl (C=O) groups is 1. The summed E-state index contributed by atoms with van der Waals surface area (Å²) in [7, 11) is 0. The van der Waals surface area contributed by atoms with E-state index in [4.69, 9.17) is 16.3 Å². The lowest BCUT2D eigenvalue weighted by molar-refractivity contribution is -0.118. The number of fused-ring (bicyclic) bond motifs is 3. The summed E-state index contributed by atoms with van der Waals surface area (Å²) in [5.41, 5.74) is 1.84. The van der Waals surface area contributed by atoms with Crippen molar-refractivity contribution in [3.8, 4) is 5.88 Å². The third-order valence-electron chi connectivity index (χ3n) is 3.95. The molecule has 24 heavy (non-hydrogen) atoms. The van der Waals surface area contributed by atoms with E-state index in [1.807, 2.05) is 12.1 Å². The zero-order valence-electron chi connectivity index (χ0n) is 12.7. The molecule has 0 unspecified atom stereocenters. The number of halogens is 1. The SMILES string of the molecule is O=C(COc1ncnc2sc3c(c12)CCC3)Nc1ccccc1Cl. The van der Waals surface area contributed by atoms with Gasteiger partial charge in [0, 0.05) is 4.88 Å². The van der Waals surface area contributed by atoms with Gasteiger partial charge in [-0.1, -0.05) is 23.7 Å². The van der Waals surface area contributed by atoms with Crippen LogP contribution in [0.25, 0.3) is 10.2 Å². The first-order valence-electron chi connectivity index (χ1n) is 7.65. The van der Waals surface area contributed by atoms with Crippen LogP contribution in [0.4, 0.5) is 5.69 Å². The first kappa shape index (κ1) is 15.4. The second-order valence-corrected chi connectivity index (χ2v) is 7.02. The van der Waals surface area contributed by atoms with E-state index in [0.717, 1.165) is 29.5 Å². The number of hydrogen-bond donors (Lipinski definition) is 1. The molecule has 2 heterocycles. The van der Waals surface area contributed by atoms with Crippen LogP contribution in [0.1, 0.15) is 16.9 Å². The fourth-order valence-electron chi connectivity index (χ4n) is 2.89. The van der Waals surface area contributed by atoms with Gasteiger partial charge in [-0.25, -0.2) is 9.97 Å². The van der Waals surface area contributed by atoms with Crippen LogP contribution in [0, 0.1) is 0 Å². The molecule has 0 fully saturated rings.